The Kier molecular flexibility index (Phi) is 4.93. The third-order valence-electron chi connectivity index (χ3n) is 4.25. The predicted octanol–water partition coefficient (Wildman–Crippen LogP) is 2.59. The molecule has 0 saturated carbocycles. The molecular formula is C18H20N4OS. The number of amides is 1. The molecule has 1 aromatic carbocycles. The smallest absolute Gasteiger partial charge is 0.265 e. The fourth-order valence-electron chi connectivity index (χ4n) is 2.93. The van der Waals surface area contributed by atoms with Gasteiger partial charge in [-0.2, -0.15) is 5.26 Å². The van der Waals surface area contributed by atoms with Crippen LogP contribution in [0.4, 0.5) is 0 Å². The molecule has 0 bridgehead atoms. The Morgan fingerprint density at radius 3 is 2.42 bits per heavy atom. The summed E-state index contributed by atoms with van der Waals surface area (Å²) in [6.45, 7) is 7.90. The maximum atomic E-state index is 12.6. The number of benzene rings is 1. The zero-order valence-electron chi connectivity index (χ0n) is 14.0. The third kappa shape index (κ3) is 3.64. The van der Waals surface area contributed by atoms with Gasteiger partial charge in [0.05, 0.1) is 22.3 Å². The average molecular weight is 340 g/mol. The van der Waals surface area contributed by atoms with Crippen LogP contribution in [-0.2, 0) is 6.54 Å². The molecule has 0 radical (unpaired) electrons. The maximum Gasteiger partial charge on any atom is 0.265 e. The number of hydrogen-bond donors (Lipinski definition) is 0. The van der Waals surface area contributed by atoms with Gasteiger partial charge in [0.1, 0.15) is 4.88 Å². The van der Waals surface area contributed by atoms with Gasteiger partial charge >= 0.3 is 0 Å². The van der Waals surface area contributed by atoms with Gasteiger partial charge in [0.25, 0.3) is 5.91 Å². The Morgan fingerprint density at radius 1 is 1.21 bits per heavy atom. The van der Waals surface area contributed by atoms with Crippen molar-refractivity contribution < 1.29 is 4.79 Å². The highest BCUT2D eigenvalue weighted by atomic mass is 32.1. The summed E-state index contributed by atoms with van der Waals surface area (Å²) in [5, 5.41) is 9.78. The molecule has 0 atom stereocenters. The van der Waals surface area contributed by atoms with E-state index in [-0.39, 0.29) is 5.91 Å². The topological polar surface area (TPSA) is 60.2 Å². The molecule has 5 nitrogen and oxygen atoms in total. The van der Waals surface area contributed by atoms with Crippen molar-refractivity contribution in [1.29, 1.82) is 5.26 Å². The minimum Gasteiger partial charge on any atom is -0.335 e. The standard InChI is InChI=1S/C18H20N4OS/c1-13-17(24-14(2)20-13)18(23)22-9-7-21(8-10-22)12-16-5-3-15(11-19)4-6-16/h3-6H,7-10,12H2,1-2H3. The molecule has 2 heterocycles. The molecule has 0 spiro atoms. The van der Waals surface area contributed by atoms with E-state index < -0.39 is 0 Å². The van der Waals surface area contributed by atoms with E-state index in [2.05, 4.69) is 16.0 Å². The van der Waals surface area contributed by atoms with E-state index in [1.54, 1.807) is 0 Å². The zero-order chi connectivity index (χ0) is 17.1. The first-order valence-corrected chi connectivity index (χ1v) is 8.83. The summed E-state index contributed by atoms with van der Waals surface area (Å²) in [5.41, 5.74) is 2.72. The average Bonchev–Trinajstić information content (AvgIpc) is 2.94. The van der Waals surface area contributed by atoms with Gasteiger partial charge in [-0.15, -0.1) is 11.3 Å². The quantitative estimate of drug-likeness (QED) is 0.862. The number of hydrogen-bond acceptors (Lipinski definition) is 5. The van der Waals surface area contributed by atoms with E-state index >= 15 is 0 Å². The number of piperazine rings is 1. The number of rotatable bonds is 3. The van der Waals surface area contributed by atoms with Gasteiger partial charge < -0.3 is 4.90 Å². The first-order valence-electron chi connectivity index (χ1n) is 8.01. The van der Waals surface area contributed by atoms with Crippen molar-refractivity contribution in [3.05, 3.63) is 51.0 Å². The Labute approximate surface area is 146 Å². The summed E-state index contributed by atoms with van der Waals surface area (Å²) in [7, 11) is 0. The van der Waals surface area contributed by atoms with Crippen LogP contribution in [0.1, 0.15) is 31.5 Å². The number of thiazole rings is 1. The molecule has 1 aromatic heterocycles. The van der Waals surface area contributed by atoms with E-state index in [9.17, 15) is 4.79 Å². The third-order valence-corrected chi connectivity index (χ3v) is 5.31. The van der Waals surface area contributed by atoms with Gasteiger partial charge in [0, 0.05) is 32.7 Å². The van der Waals surface area contributed by atoms with Crippen molar-refractivity contribution in [2.75, 3.05) is 26.2 Å². The number of carbonyl (C=O) groups excluding carboxylic acids is 1. The molecule has 3 rings (SSSR count). The van der Waals surface area contributed by atoms with E-state index in [1.165, 1.54) is 16.9 Å². The lowest BCUT2D eigenvalue weighted by Gasteiger charge is -2.34. The monoisotopic (exact) mass is 340 g/mol. The van der Waals surface area contributed by atoms with E-state index in [0.717, 1.165) is 48.3 Å². The first-order chi connectivity index (χ1) is 11.6. The Hall–Kier alpha value is -2.23. The van der Waals surface area contributed by atoms with Crippen LogP contribution in [0.3, 0.4) is 0 Å². The van der Waals surface area contributed by atoms with Crippen LogP contribution in [0.25, 0.3) is 0 Å². The molecule has 1 aliphatic rings. The van der Waals surface area contributed by atoms with Crippen molar-refractivity contribution in [3.63, 3.8) is 0 Å². The van der Waals surface area contributed by atoms with Crippen LogP contribution in [0.2, 0.25) is 0 Å². The second-order valence-electron chi connectivity index (χ2n) is 6.02. The molecule has 1 fully saturated rings. The van der Waals surface area contributed by atoms with Gasteiger partial charge in [-0.1, -0.05) is 12.1 Å². The zero-order valence-corrected chi connectivity index (χ0v) is 14.8. The minimum absolute atomic E-state index is 0.108. The number of carbonyl (C=O) groups is 1. The lowest BCUT2D eigenvalue weighted by atomic mass is 10.1. The fraction of sp³-hybridized carbons (Fsp3) is 0.389. The molecule has 0 aliphatic carbocycles. The van der Waals surface area contributed by atoms with Crippen LogP contribution >= 0.6 is 11.3 Å². The van der Waals surface area contributed by atoms with Crippen LogP contribution in [-0.4, -0.2) is 46.9 Å². The summed E-state index contributed by atoms with van der Waals surface area (Å²) in [5.74, 6) is 0.108. The second kappa shape index (κ2) is 7.12. The highest BCUT2D eigenvalue weighted by Crippen LogP contribution is 2.20. The van der Waals surface area contributed by atoms with Crippen LogP contribution in [0.5, 0.6) is 0 Å². The largest absolute Gasteiger partial charge is 0.335 e. The van der Waals surface area contributed by atoms with Crippen LogP contribution in [0.15, 0.2) is 24.3 Å². The highest BCUT2D eigenvalue weighted by Gasteiger charge is 2.24. The summed E-state index contributed by atoms with van der Waals surface area (Å²) >= 11 is 1.48. The van der Waals surface area contributed by atoms with E-state index in [0.29, 0.717) is 5.56 Å². The van der Waals surface area contributed by atoms with Gasteiger partial charge in [-0.25, -0.2) is 4.98 Å². The summed E-state index contributed by atoms with van der Waals surface area (Å²) in [4.78, 5) is 22.0. The molecule has 1 saturated heterocycles. The van der Waals surface area contributed by atoms with Gasteiger partial charge in [-0.3, -0.25) is 9.69 Å². The van der Waals surface area contributed by atoms with E-state index in [4.69, 9.17) is 5.26 Å². The second-order valence-corrected chi connectivity index (χ2v) is 7.23. The lowest BCUT2D eigenvalue weighted by Crippen LogP contribution is -2.48. The van der Waals surface area contributed by atoms with Crippen molar-refractivity contribution in [2.24, 2.45) is 0 Å². The molecule has 6 heteroatoms. The van der Waals surface area contributed by atoms with Crippen LogP contribution in [0, 0.1) is 25.2 Å². The van der Waals surface area contributed by atoms with Crippen molar-refractivity contribution in [1.82, 2.24) is 14.8 Å². The molecule has 0 unspecified atom stereocenters. The molecule has 24 heavy (non-hydrogen) atoms. The number of aryl methyl sites for hydroxylation is 2. The highest BCUT2D eigenvalue weighted by molar-refractivity contribution is 7.13. The maximum absolute atomic E-state index is 12.6. The van der Waals surface area contributed by atoms with Crippen LogP contribution < -0.4 is 0 Å². The predicted molar refractivity (Wildman–Crippen MR) is 93.9 cm³/mol. The van der Waals surface area contributed by atoms with Crippen molar-refractivity contribution in [2.45, 2.75) is 20.4 Å². The van der Waals surface area contributed by atoms with Gasteiger partial charge in [0.2, 0.25) is 0 Å². The number of nitriles is 1. The first kappa shape index (κ1) is 16.6. The molecule has 1 aliphatic heterocycles. The molecule has 0 N–H and O–H groups in total. The van der Waals surface area contributed by atoms with Gasteiger partial charge in [0.15, 0.2) is 0 Å². The Bertz CT molecular complexity index is 767. The fourth-order valence-corrected chi connectivity index (χ4v) is 3.81. The summed E-state index contributed by atoms with van der Waals surface area (Å²) in [6.07, 6.45) is 0. The van der Waals surface area contributed by atoms with Crippen molar-refractivity contribution in [3.8, 4) is 6.07 Å². The van der Waals surface area contributed by atoms with Gasteiger partial charge in [-0.05, 0) is 31.5 Å². The SMILES string of the molecule is Cc1nc(C)c(C(=O)N2CCN(Cc3ccc(C#N)cc3)CC2)s1. The molecule has 2 aromatic rings. The normalized spacial score (nSPS) is 15.3. The lowest BCUT2D eigenvalue weighted by molar-refractivity contribution is 0.0632. The van der Waals surface area contributed by atoms with Crippen molar-refractivity contribution >= 4 is 17.2 Å². The molecular weight excluding hydrogens is 320 g/mol. The number of nitrogens with zero attached hydrogens (tertiary/aromatic N) is 4. The molecule has 1 amide bonds. The molecule has 124 valence electrons. The number of aromatic nitrogens is 1. The Morgan fingerprint density at radius 2 is 1.88 bits per heavy atom. The summed E-state index contributed by atoms with van der Waals surface area (Å²) in [6, 6.07) is 9.84. The minimum atomic E-state index is 0.108. The van der Waals surface area contributed by atoms with E-state index in [1.807, 2.05) is 43.0 Å². The Balaban J connectivity index is 1.56. The summed E-state index contributed by atoms with van der Waals surface area (Å²) < 4.78 is 0.